The number of unbranched alkanes of at least 4 members (excludes halogenated alkanes) is 7. The van der Waals surface area contributed by atoms with Crippen LogP contribution in [-0.4, -0.2) is 87.5 Å². The molecule has 0 saturated carbocycles. The first-order chi connectivity index (χ1) is 12.4. The fourth-order valence-corrected chi connectivity index (χ4v) is 3.11. The highest BCUT2D eigenvalue weighted by Gasteiger charge is 2.24. The van der Waals surface area contributed by atoms with E-state index >= 15 is 0 Å². The number of nitrogens with zero attached hydrogens (tertiary/aromatic N) is 2. The molecule has 0 aromatic carbocycles. The van der Waals surface area contributed by atoms with Crippen molar-refractivity contribution in [2.24, 2.45) is 0 Å². The Morgan fingerprint density at radius 2 is 1.26 bits per heavy atom. The van der Waals surface area contributed by atoms with Gasteiger partial charge in [-0.2, -0.15) is 0 Å². The van der Waals surface area contributed by atoms with E-state index < -0.39 is 12.1 Å². The highest BCUT2D eigenvalue weighted by atomic mass is 16.5. The van der Waals surface area contributed by atoms with Crippen molar-refractivity contribution in [1.82, 2.24) is 0 Å². The van der Waals surface area contributed by atoms with Crippen LogP contribution in [0.25, 0.3) is 0 Å². The molecule has 6 heteroatoms. The summed E-state index contributed by atoms with van der Waals surface area (Å²) in [6.07, 6.45) is 9.10. The molecule has 0 aromatic rings. The highest BCUT2D eigenvalue weighted by Crippen LogP contribution is 2.12. The fraction of sp³-hybridized carbons (Fsp3) is 0.905. The van der Waals surface area contributed by atoms with E-state index in [0.717, 1.165) is 23.7 Å². The second-order valence-corrected chi connectivity index (χ2v) is 9.77. The van der Waals surface area contributed by atoms with E-state index in [2.05, 4.69) is 21.1 Å². The molecule has 0 aliphatic carbocycles. The summed E-state index contributed by atoms with van der Waals surface area (Å²) in [6.45, 7) is 1.74. The van der Waals surface area contributed by atoms with Gasteiger partial charge >= 0.3 is 11.9 Å². The molecule has 0 spiro atoms. The van der Waals surface area contributed by atoms with Crippen molar-refractivity contribution in [3.05, 3.63) is 0 Å². The number of carboxylic acid groups (broad SMARTS) is 1. The third-order valence-electron chi connectivity index (χ3n) is 4.41. The molecule has 0 bridgehead atoms. The van der Waals surface area contributed by atoms with Gasteiger partial charge in [0, 0.05) is 6.42 Å². The number of likely N-dealkylation sites (N-methyl/N-ethyl adjacent to an activating group) is 1. The molecule has 0 amide bonds. The molecule has 27 heavy (non-hydrogen) atoms. The predicted molar refractivity (Wildman–Crippen MR) is 109 cm³/mol. The van der Waals surface area contributed by atoms with E-state index in [4.69, 9.17) is 9.84 Å². The van der Waals surface area contributed by atoms with Crippen LogP contribution in [0.2, 0.25) is 0 Å². The van der Waals surface area contributed by atoms with Crippen molar-refractivity contribution in [3.63, 3.8) is 0 Å². The van der Waals surface area contributed by atoms with Crippen LogP contribution in [0.4, 0.5) is 0 Å². The number of carboxylic acids is 1. The van der Waals surface area contributed by atoms with Crippen molar-refractivity contribution < 1.29 is 28.4 Å². The van der Waals surface area contributed by atoms with Gasteiger partial charge in [-0.1, -0.05) is 32.1 Å². The number of ether oxygens (including phenoxy) is 1. The number of rotatable bonds is 16. The lowest BCUT2D eigenvalue weighted by Gasteiger charge is -2.28. The quantitative estimate of drug-likeness (QED) is 0.250. The minimum atomic E-state index is -0.928. The number of quaternary nitrogens is 2. The van der Waals surface area contributed by atoms with E-state index in [1.165, 1.54) is 38.6 Å². The van der Waals surface area contributed by atoms with Gasteiger partial charge in [-0.15, -0.1) is 0 Å². The molecule has 0 radical (unpaired) electrons. The normalized spacial score (nSPS) is 13.4. The standard InChI is InChI=1S/C21H43N2O4/c1-22(2,3)16-14-12-10-8-7-9-11-13-15-21(26)27-19(17-20(24)25)18-23(4,5)6/h19H,7-18H2,1-6H3/q+1/p+1/t19-/m1/s1. The van der Waals surface area contributed by atoms with E-state index in [9.17, 15) is 9.59 Å². The summed E-state index contributed by atoms with van der Waals surface area (Å²) in [6, 6.07) is 0. The van der Waals surface area contributed by atoms with Gasteiger partial charge in [0.1, 0.15) is 6.54 Å². The lowest BCUT2D eigenvalue weighted by Crippen LogP contribution is -2.43. The van der Waals surface area contributed by atoms with Crippen LogP contribution in [0.1, 0.15) is 64.2 Å². The van der Waals surface area contributed by atoms with Gasteiger partial charge in [-0.25, -0.2) is 0 Å². The number of hydrogen-bond donors (Lipinski definition) is 1. The summed E-state index contributed by atoms with van der Waals surface area (Å²) in [5.74, 6) is -1.20. The summed E-state index contributed by atoms with van der Waals surface area (Å²) in [5, 5.41) is 8.98. The second kappa shape index (κ2) is 13.1. The van der Waals surface area contributed by atoms with Crippen molar-refractivity contribution in [2.45, 2.75) is 70.3 Å². The maximum Gasteiger partial charge on any atom is 0.307 e. The van der Waals surface area contributed by atoms with Crippen LogP contribution in [0, 0.1) is 0 Å². The van der Waals surface area contributed by atoms with Gasteiger partial charge in [0.2, 0.25) is 0 Å². The Balaban J connectivity index is 3.76. The van der Waals surface area contributed by atoms with Crippen molar-refractivity contribution in [1.29, 1.82) is 0 Å². The second-order valence-electron chi connectivity index (χ2n) is 9.77. The lowest BCUT2D eigenvalue weighted by molar-refractivity contribution is -0.873. The van der Waals surface area contributed by atoms with Gasteiger partial charge < -0.3 is 18.8 Å². The van der Waals surface area contributed by atoms with Crippen LogP contribution < -0.4 is 0 Å². The Kier molecular flexibility index (Phi) is 12.6. The Labute approximate surface area is 166 Å². The Morgan fingerprint density at radius 1 is 0.778 bits per heavy atom. The zero-order valence-corrected chi connectivity index (χ0v) is 18.6. The van der Waals surface area contributed by atoms with Gasteiger partial charge in [-0.05, 0) is 19.3 Å². The SMILES string of the molecule is C[N+](C)(C)CCCCCCCCCCC(=O)O[C@H](CC(=O)O)C[N+](C)(C)C. The minimum Gasteiger partial charge on any atom is -0.481 e. The van der Waals surface area contributed by atoms with Crippen LogP contribution in [0.5, 0.6) is 0 Å². The zero-order chi connectivity index (χ0) is 20.9. The van der Waals surface area contributed by atoms with Crippen LogP contribution in [0.3, 0.4) is 0 Å². The summed E-state index contributed by atoms with van der Waals surface area (Å²) < 4.78 is 7.01. The topological polar surface area (TPSA) is 63.6 Å². The first kappa shape index (κ1) is 25.9. The number of esters is 1. The highest BCUT2D eigenvalue weighted by molar-refractivity contribution is 5.71. The number of hydrogen-bond acceptors (Lipinski definition) is 3. The summed E-state index contributed by atoms with van der Waals surface area (Å²) >= 11 is 0. The molecule has 1 atom stereocenters. The molecular formula is C21H44N2O4+2. The molecule has 0 aromatic heterocycles. The Hall–Kier alpha value is -1.14. The van der Waals surface area contributed by atoms with E-state index in [1.54, 1.807) is 0 Å². The van der Waals surface area contributed by atoms with Crippen LogP contribution >= 0.6 is 0 Å². The van der Waals surface area contributed by atoms with Crippen molar-refractivity contribution >= 4 is 11.9 Å². The lowest BCUT2D eigenvalue weighted by atomic mass is 10.1. The molecule has 0 unspecified atom stereocenters. The maximum absolute atomic E-state index is 12.0. The van der Waals surface area contributed by atoms with Gasteiger partial charge in [0.25, 0.3) is 0 Å². The maximum atomic E-state index is 12.0. The average Bonchev–Trinajstić information content (AvgIpc) is 2.45. The van der Waals surface area contributed by atoms with Crippen molar-refractivity contribution in [3.8, 4) is 0 Å². The first-order valence-corrected chi connectivity index (χ1v) is 10.4. The first-order valence-electron chi connectivity index (χ1n) is 10.4. The Morgan fingerprint density at radius 3 is 1.70 bits per heavy atom. The molecule has 0 aliphatic rings. The van der Waals surface area contributed by atoms with Gasteiger partial charge in [0.15, 0.2) is 6.10 Å². The van der Waals surface area contributed by atoms with Crippen LogP contribution in [-0.2, 0) is 14.3 Å². The van der Waals surface area contributed by atoms with Gasteiger partial charge in [0.05, 0.1) is 55.3 Å². The largest absolute Gasteiger partial charge is 0.481 e. The molecule has 0 rings (SSSR count). The van der Waals surface area contributed by atoms with Gasteiger partial charge in [-0.3, -0.25) is 9.59 Å². The molecule has 0 heterocycles. The summed E-state index contributed by atoms with van der Waals surface area (Å²) in [5.41, 5.74) is 0. The molecule has 0 aliphatic heterocycles. The average molecular weight is 389 g/mol. The molecule has 160 valence electrons. The third-order valence-corrected chi connectivity index (χ3v) is 4.41. The Bertz CT molecular complexity index is 425. The van der Waals surface area contributed by atoms with E-state index in [1.807, 2.05) is 21.1 Å². The fourth-order valence-electron chi connectivity index (χ4n) is 3.11. The molecular weight excluding hydrogens is 344 g/mol. The number of carbonyl (C=O) groups is 2. The predicted octanol–water partition coefficient (Wildman–Crippen LogP) is 3.30. The molecule has 0 fully saturated rings. The van der Waals surface area contributed by atoms with E-state index in [-0.39, 0.29) is 12.4 Å². The molecule has 1 N–H and O–H groups in total. The smallest absolute Gasteiger partial charge is 0.307 e. The number of aliphatic carboxylic acids is 1. The van der Waals surface area contributed by atoms with Crippen LogP contribution in [0.15, 0.2) is 0 Å². The molecule has 0 saturated heterocycles. The zero-order valence-electron chi connectivity index (χ0n) is 18.6. The molecule has 6 nitrogen and oxygen atoms in total. The van der Waals surface area contributed by atoms with E-state index in [0.29, 0.717) is 17.4 Å². The monoisotopic (exact) mass is 388 g/mol. The number of carbonyl (C=O) groups excluding carboxylic acids is 1. The van der Waals surface area contributed by atoms with Crippen molar-refractivity contribution in [2.75, 3.05) is 55.4 Å². The third kappa shape index (κ3) is 19.4. The summed E-state index contributed by atoms with van der Waals surface area (Å²) in [4.78, 5) is 22.9. The minimum absolute atomic E-state index is 0.130. The summed E-state index contributed by atoms with van der Waals surface area (Å²) in [7, 11) is 12.6.